The van der Waals surface area contributed by atoms with E-state index in [2.05, 4.69) is 17.0 Å². The molecular weight excluding hydrogens is 308 g/mol. The van der Waals surface area contributed by atoms with Crippen LogP contribution in [0.1, 0.15) is 29.5 Å². The van der Waals surface area contributed by atoms with E-state index >= 15 is 0 Å². The lowest BCUT2D eigenvalue weighted by molar-refractivity contribution is -0.354. The van der Waals surface area contributed by atoms with Crippen LogP contribution in [0.4, 0.5) is 11.4 Å². The molecular formula is C19H19ClN2O. The lowest BCUT2D eigenvalue weighted by Gasteiger charge is -2.37. The zero-order valence-corrected chi connectivity index (χ0v) is 13.7. The molecule has 118 valence electrons. The highest BCUT2D eigenvalue weighted by Crippen LogP contribution is 2.35. The van der Waals surface area contributed by atoms with Gasteiger partial charge in [0.05, 0.1) is 0 Å². The smallest absolute Gasteiger partial charge is 0.216 e. The molecule has 2 aliphatic heterocycles. The van der Waals surface area contributed by atoms with Crippen LogP contribution in [-0.2, 0) is 12.8 Å². The minimum absolute atomic E-state index is 0.599. The van der Waals surface area contributed by atoms with Crippen molar-refractivity contribution in [2.75, 3.05) is 18.0 Å². The molecule has 0 atom stereocenters. The minimum atomic E-state index is 0.599. The normalized spacial score (nSPS) is 17.1. The summed E-state index contributed by atoms with van der Waals surface area (Å²) in [6.45, 7) is 2.34. The maximum absolute atomic E-state index is 12.4. The van der Waals surface area contributed by atoms with Crippen LogP contribution >= 0.6 is 11.6 Å². The van der Waals surface area contributed by atoms with Gasteiger partial charge < -0.3 is 10.1 Å². The summed E-state index contributed by atoms with van der Waals surface area (Å²) < 4.78 is 0.925. The summed E-state index contributed by atoms with van der Waals surface area (Å²) in [6.07, 6.45) is 6.30. The fourth-order valence-corrected chi connectivity index (χ4v) is 3.83. The topological polar surface area (TPSA) is 29.3 Å². The third-order valence-corrected chi connectivity index (χ3v) is 4.95. The Balaban J connectivity index is 1.72. The Kier molecular flexibility index (Phi) is 3.74. The van der Waals surface area contributed by atoms with E-state index in [0.29, 0.717) is 10.7 Å². The number of aryl methyl sites for hydroxylation is 2. The molecule has 3 nitrogen and oxygen atoms in total. The van der Waals surface area contributed by atoms with E-state index in [4.69, 9.17) is 11.6 Å². The fraction of sp³-hybridized carbons (Fsp3) is 0.316. The van der Waals surface area contributed by atoms with Crippen LogP contribution in [-0.4, -0.2) is 24.0 Å². The zero-order chi connectivity index (χ0) is 15.8. The Morgan fingerprint density at radius 1 is 1.00 bits per heavy atom. The molecule has 0 unspecified atom stereocenters. The van der Waals surface area contributed by atoms with Crippen LogP contribution in [0, 0.1) is 5.21 Å². The summed E-state index contributed by atoms with van der Waals surface area (Å²) in [5.41, 5.74) is 5.81. The highest BCUT2D eigenvalue weighted by atomic mass is 35.5. The van der Waals surface area contributed by atoms with Crippen molar-refractivity contribution in [3.8, 4) is 0 Å². The molecule has 2 heterocycles. The van der Waals surface area contributed by atoms with Crippen molar-refractivity contribution in [3.63, 3.8) is 0 Å². The second kappa shape index (κ2) is 5.89. The number of rotatable bonds is 2. The Hall–Kier alpha value is -2.00. The third kappa shape index (κ3) is 2.81. The zero-order valence-electron chi connectivity index (χ0n) is 13.0. The van der Waals surface area contributed by atoms with Crippen molar-refractivity contribution in [2.24, 2.45) is 0 Å². The molecule has 0 saturated carbocycles. The highest BCUT2D eigenvalue weighted by Gasteiger charge is 2.24. The van der Waals surface area contributed by atoms with Crippen molar-refractivity contribution in [3.05, 3.63) is 63.3 Å². The van der Waals surface area contributed by atoms with Crippen molar-refractivity contribution in [1.82, 2.24) is 0 Å². The third-order valence-electron chi connectivity index (χ3n) is 4.70. The number of benzene rings is 2. The molecule has 4 heteroatoms. The van der Waals surface area contributed by atoms with Gasteiger partial charge in [0.2, 0.25) is 5.69 Å². The Morgan fingerprint density at radius 2 is 1.61 bits per heavy atom. The molecule has 2 aromatic rings. The van der Waals surface area contributed by atoms with Crippen LogP contribution < -0.4 is 4.90 Å². The van der Waals surface area contributed by atoms with Gasteiger partial charge in [-0.1, -0.05) is 11.6 Å². The van der Waals surface area contributed by atoms with Gasteiger partial charge >= 0.3 is 0 Å². The van der Waals surface area contributed by atoms with Gasteiger partial charge in [-0.15, -0.1) is 0 Å². The SMILES string of the molecule is [O-]/[N+](=C/c1cc2c3c(c1)CCCN3CCC2)c1ccc(Cl)cc1. The fourth-order valence-electron chi connectivity index (χ4n) is 3.70. The van der Waals surface area contributed by atoms with Crippen molar-refractivity contribution < 1.29 is 4.74 Å². The molecule has 0 fully saturated rings. The van der Waals surface area contributed by atoms with Crippen molar-refractivity contribution in [1.29, 1.82) is 0 Å². The Bertz CT molecular complexity index is 736. The number of halogens is 1. The van der Waals surface area contributed by atoms with Crippen LogP contribution in [0.3, 0.4) is 0 Å². The molecule has 0 radical (unpaired) electrons. The summed E-state index contributed by atoms with van der Waals surface area (Å²) >= 11 is 5.88. The first-order valence-electron chi connectivity index (χ1n) is 8.18. The van der Waals surface area contributed by atoms with Crippen molar-refractivity contribution >= 4 is 29.2 Å². The molecule has 0 amide bonds. The van der Waals surface area contributed by atoms with Gasteiger partial charge in [0.15, 0.2) is 6.21 Å². The lowest BCUT2D eigenvalue weighted by Crippen LogP contribution is -2.34. The van der Waals surface area contributed by atoms with Crippen molar-refractivity contribution in [2.45, 2.75) is 25.7 Å². The highest BCUT2D eigenvalue weighted by molar-refractivity contribution is 6.30. The van der Waals surface area contributed by atoms with E-state index in [1.165, 1.54) is 42.7 Å². The van der Waals surface area contributed by atoms with Gasteiger partial charge in [0, 0.05) is 41.5 Å². The van der Waals surface area contributed by atoms with E-state index in [0.717, 1.165) is 23.1 Å². The van der Waals surface area contributed by atoms with E-state index in [1.807, 2.05) is 0 Å². The molecule has 23 heavy (non-hydrogen) atoms. The molecule has 0 spiro atoms. The van der Waals surface area contributed by atoms with Gasteiger partial charge in [-0.2, -0.15) is 4.74 Å². The maximum atomic E-state index is 12.4. The first-order valence-corrected chi connectivity index (χ1v) is 8.56. The molecule has 2 aromatic carbocycles. The van der Waals surface area contributed by atoms with Crippen LogP contribution in [0.15, 0.2) is 36.4 Å². The van der Waals surface area contributed by atoms with Crippen LogP contribution in [0.25, 0.3) is 0 Å². The molecule has 0 saturated heterocycles. The second-order valence-electron chi connectivity index (χ2n) is 6.31. The summed E-state index contributed by atoms with van der Waals surface area (Å²) in [7, 11) is 0. The average molecular weight is 327 g/mol. The maximum Gasteiger partial charge on any atom is 0.216 e. The first kappa shape index (κ1) is 14.6. The largest absolute Gasteiger partial charge is 0.618 e. The monoisotopic (exact) mass is 326 g/mol. The first-order chi connectivity index (χ1) is 11.2. The summed E-state index contributed by atoms with van der Waals surface area (Å²) in [6, 6.07) is 11.3. The molecule has 0 aromatic heterocycles. The quantitative estimate of drug-likeness (QED) is 0.356. The van der Waals surface area contributed by atoms with Crippen LogP contribution in [0.2, 0.25) is 5.02 Å². The Morgan fingerprint density at radius 3 is 2.22 bits per heavy atom. The average Bonchev–Trinajstić information content (AvgIpc) is 2.56. The van der Waals surface area contributed by atoms with Gasteiger partial charge in [0.25, 0.3) is 0 Å². The summed E-state index contributed by atoms with van der Waals surface area (Å²) in [5.74, 6) is 0. The molecule has 2 aliphatic rings. The number of anilines is 1. The van der Waals surface area contributed by atoms with Gasteiger partial charge in [-0.25, -0.2) is 0 Å². The number of hydrogen-bond donors (Lipinski definition) is 0. The number of nitrogens with zero attached hydrogens (tertiary/aromatic N) is 2. The Labute approximate surface area is 141 Å². The van der Waals surface area contributed by atoms with E-state index < -0.39 is 0 Å². The molecule has 0 bridgehead atoms. The summed E-state index contributed by atoms with van der Waals surface area (Å²) in [4.78, 5) is 2.51. The second-order valence-corrected chi connectivity index (χ2v) is 6.75. The van der Waals surface area contributed by atoms with Gasteiger partial charge in [-0.05, 0) is 61.1 Å². The van der Waals surface area contributed by atoms with E-state index in [9.17, 15) is 5.21 Å². The standard InChI is InChI=1S/C19H19ClN2O/c20-17-5-7-18(8-6-17)22(23)13-14-11-15-3-1-9-21-10-2-4-16(12-14)19(15)21/h5-8,11-13H,1-4,9-10H2/b22-13+. The van der Waals surface area contributed by atoms with E-state index in [1.54, 1.807) is 30.5 Å². The molecule has 4 rings (SSSR count). The van der Waals surface area contributed by atoms with E-state index in [-0.39, 0.29) is 0 Å². The number of hydrogen-bond acceptors (Lipinski definition) is 2. The predicted molar refractivity (Wildman–Crippen MR) is 95.2 cm³/mol. The molecule has 0 aliphatic carbocycles. The lowest BCUT2D eigenvalue weighted by atomic mass is 9.90. The van der Waals surface area contributed by atoms with Crippen LogP contribution in [0.5, 0.6) is 0 Å². The minimum Gasteiger partial charge on any atom is -0.618 e. The summed E-state index contributed by atoms with van der Waals surface area (Å²) in [5, 5.41) is 13.0. The van der Waals surface area contributed by atoms with Gasteiger partial charge in [0.1, 0.15) is 0 Å². The van der Waals surface area contributed by atoms with Gasteiger partial charge in [-0.3, -0.25) is 0 Å². The predicted octanol–water partition coefficient (Wildman–Crippen LogP) is 4.30. The molecule has 0 N–H and O–H groups in total.